The summed E-state index contributed by atoms with van der Waals surface area (Å²) in [5.41, 5.74) is 4.25. The van der Waals surface area contributed by atoms with E-state index < -0.39 is 0 Å². The fourth-order valence-corrected chi connectivity index (χ4v) is 3.54. The van der Waals surface area contributed by atoms with Crippen LogP contribution in [0.3, 0.4) is 0 Å². The average Bonchev–Trinajstić information content (AvgIpc) is 3.31. The van der Waals surface area contributed by atoms with E-state index in [1.807, 2.05) is 0 Å². The number of ether oxygens (including phenoxy) is 1. The number of aromatic nitrogens is 4. The number of fused-ring (bicyclic) bond motifs is 2. The van der Waals surface area contributed by atoms with E-state index in [9.17, 15) is 4.79 Å². The zero-order valence-corrected chi connectivity index (χ0v) is 16.2. The standard InChI is InChI=1S/C20H24N6O2/c1-3-4-8-25-9-7-14-5-6-15(10-17(14)25)24-19-16-11-23-26(12-18(27)28-2)20(16)22-13-21-19/h5-6,10-11,13H,3-4,7-9,12H2,1-2H3,(H,21,22,24). The number of carbonyl (C=O) groups is 1. The maximum atomic E-state index is 11.6. The van der Waals surface area contributed by atoms with Gasteiger partial charge < -0.3 is 15.0 Å². The largest absolute Gasteiger partial charge is 0.468 e. The first-order valence-corrected chi connectivity index (χ1v) is 9.58. The Labute approximate surface area is 163 Å². The van der Waals surface area contributed by atoms with Crippen LogP contribution >= 0.6 is 0 Å². The maximum absolute atomic E-state index is 11.6. The first-order chi connectivity index (χ1) is 13.7. The molecule has 0 atom stereocenters. The normalized spacial score (nSPS) is 13.0. The van der Waals surface area contributed by atoms with Crippen molar-refractivity contribution in [1.29, 1.82) is 0 Å². The Morgan fingerprint density at radius 3 is 3.04 bits per heavy atom. The van der Waals surface area contributed by atoms with Crippen LogP contribution in [0.5, 0.6) is 0 Å². The molecule has 0 spiro atoms. The minimum atomic E-state index is -0.371. The van der Waals surface area contributed by atoms with Gasteiger partial charge >= 0.3 is 5.97 Å². The summed E-state index contributed by atoms with van der Waals surface area (Å²) >= 11 is 0. The molecule has 0 bridgehead atoms. The van der Waals surface area contributed by atoms with Crippen molar-refractivity contribution in [2.24, 2.45) is 0 Å². The molecular weight excluding hydrogens is 356 g/mol. The van der Waals surface area contributed by atoms with Crippen molar-refractivity contribution in [3.05, 3.63) is 36.3 Å². The summed E-state index contributed by atoms with van der Waals surface area (Å²) in [6.45, 7) is 4.40. The highest BCUT2D eigenvalue weighted by Crippen LogP contribution is 2.32. The molecule has 1 aliphatic rings. The molecule has 8 nitrogen and oxygen atoms in total. The predicted octanol–water partition coefficient (Wildman–Crippen LogP) is 2.91. The van der Waals surface area contributed by atoms with Gasteiger partial charge in [-0.1, -0.05) is 19.4 Å². The summed E-state index contributed by atoms with van der Waals surface area (Å²) in [5, 5.41) is 8.40. The molecule has 0 radical (unpaired) electrons. The third-order valence-corrected chi connectivity index (χ3v) is 5.06. The monoisotopic (exact) mass is 380 g/mol. The van der Waals surface area contributed by atoms with Gasteiger partial charge in [0.2, 0.25) is 0 Å². The molecular formula is C20H24N6O2. The van der Waals surface area contributed by atoms with E-state index >= 15 is 0 Å². The second-order valence-corrected chi connectivity index (χ2v) is 6.90. The van der Waals surface area contributed by atoms with E-state index in [0.29, 0.717) is 11.5 Å². The molecule has 28 heavy (non-hydrogen) atoms. The van der Waals surface area contributed by atoms with E-state index in [2.05, 4.69) is 50.4 Å². The number of rotatable bonds is 7. The van der Waals surface area contributed by atoms with Crippen LogP contribution in [0.15, 0.2) is 30.7 Å². The smallest absolute Gasteiger partial charge is 0.327 e. The van der Waals surface area contributed by atoms with Gasteiger partial charge in [0.25, 0.3) is 0 Å². The number of unbranched alkanes of at least 4 members (excludes halogenated alkanes) is 1. The second-order valence-electron chi connectivity index (χ2n) is 6.90. The minimum absolute atomic E-state index is 0.0156. The van der Waals surface area contributed by atoms with Crippen molar-refractivity contribution in [1.82, 2.24) is 19.7 Å². The Balaban J connectivity index is 1.60. The number of nitrogens with zero attached hydrogens (tertiary/aromatic N) is 5. The lowest BCUT2D eigenvalue weighted by Crippen LogP contribution is -2.21. The molecule has 1 aromatic carbocycles. The molecule has 146 valence electrons. The van der Waals surface area contributed by atoms with Crippen molar-refractivity contribution >= 4 is 34.2 Å². The van der Waals surface area contributed by atoms with Crippen molar-refractivity contribution in [2.75, 3.05) is 30.4 Å². The molecule has 1 N–H and O–H groups in total. The van der Waals surface area contributed by atoms with Gasteiger partial charge in [-0.3, -0.25) is 4.79 Å². The lowest BCUT2D eigenvalue weighted by Gasteiger charge is -2.19. The maximum Gasteiger partial charge on any atom is 0.327 e. The molecule has 0 amide bonds. The molecule has 0 fully saturated rings. The molecule has 0 aliphatic carbocycles. The third-order valence-electron chi connectivity index (χ3n) is 5.06. The van der Waals surface area contributed by atoms with Crippen LogP contribution in [0.25, 0.3) is 11.0 Å². The Kier molecular flexibility index (Phi) is 5.10. The fourth-order valence-electron chi connectivity index (χ4n) is 3.54. The number of esters is 1. The molecule has 8 heteroatoms. The van der Waals surface area contributed by atoms with Crippen LogP contribution in [0, 0.1) is 0 Å². The first-order valence-electron chi connectivity index (χ1n) is 9.58. The van der Waals surface area contributed by atoms with E-state index in [1.54, 1.807) is 6.20 Å². The van der Waals surface area contributed by atoms with Crippen molar-refractivity contribution in [2.45, 2.75) is 32.7 Å². The van der Waals surface area contributed by atoms with Crippen LogP contribution in [0.4, 0.5) is 17.2 Å². The molecule has 3 heterocycles. The molecule has 4 rings (SSSR count). The van der Waals surface area contributed by atoms with Gasteiger partial charge in [0.1, 0.15) is 18.7 Å². The van der Waals surface area contributed by atoms with E-state index in [4.69, 9.17) is 4.74 Å². The van der Waals surface area contributed by atoms with Gasteiger partial charge in [0, 0.05) is 24.5 Å². The number of hydrogen-bond acceptors (Lipinski definition) is 7. The van der Waals surface area contributed by atoms with Gasteiger partial charge in [-0.25, -0.2) is 14.6 Å². The summed E-state index contributed by atoms with van der Waals surface area (Å²) in [5.74, 6) is 0.295. The van der Waals surface area contributed by atoms with E-state index in [1.165, 1.54) is 42.2 Å². The highest BCUT2D eigenvalue weighted by atomic mass is 16.5. The Morgan fingerprint density at radius 1 is 1.32 bits per heavy atom. The van der Waals surface area contributed by atoms with Gasteiger partial charge in [0.15, 0.2) is 5.65 Å². The van der Waals surface area contributed by atoms with Gasteiger partial charge in [0.05, 0.1) is 18.7 Å². The molecule has 3 aromatic rings. The van der Waals surface area contributed by atoms with Crippen molar-refractivity contribution in [3.63, 3.8) is 0 Å². The zero-order chi connectivity index (χ0) is 19.5. The van der Waals surface area contributed by atoms with E-state index in [-0.39, 0.29) is 12.5 Å². The highest BCUT2D eigenvalue weighted by Gasteiger charge is 2.19. The molecule has 0 unspecified atom stereocenters. The number of anilines is 3. The number of nitrogens with one attached hydrogen (secondary N) is 1. The van der Waals surface area contributed by atoms with Gasteiger partial charge in [-0.2, -0.15) is 5.10 Å². The van der Waals surface area contributed by atoms with Gasteiger partial charge in [-0.15, -0.1) is 0 Å². The third kappa shape index (κ3) is 3.49. The highest BCUT2D eigenvalue weighted by molar-refractivity contribution is 5.89. The number of carbonyl (C=O) groups excluding carboxylic acids is 1. The fraction of sp³-hybridized carbons (Fsp3) is 0.400. The predicted molar refractivity (Wildman–Crippen MR) is 108 cm³/mol. The first kappa shape index (κ1) is 18.2. The summed E-state index contributed by atoms with van der Waals surface area (Å²) in [6, 6.07) is 6.45. The van der Waals surface area contributed by atoms with Crippen molar-refractivity contribution < 1.29 is 9.53 Å². The molecule has 1 aliphatic heterocycles. The van der Waals surface area contributed by atoms with Crippen LogP contribution in [0.1, 0.15) is 25.3 Å². The number of hydrogen-bond donors (Lipinski definition) is 1. The topological polar surface area (TPSA) is 85.2 Å². The number of benzene rings is 1. The van der Waals surface area contributed by atoms with Crippen molar-refractivity contribution in [3.8, 4) is 0 Å². The Hall–Kier alpha value is -3.16. The molecule has 2 aromatic heterocycles. The Bertz CT molecular complexity index is 1000. The second kappa shape index (κ2) is 7.84. The quantitative estimate of drug-likeness (QED) is 0.631. The Morgan fingerprint density at radius 2 is 2.21 bits per heavy atom. The summed E-state index contributed by atoms with van der Waals surface area (Å²) < 4.78 is 6.23. The summed E-state index contributed by atoms with van der Waals surface area (Å²) in [7, 11) is 1.35. The van der Waals surface area contributed by atoms with Gasteiger partial charge in [-0.05, 0) is 30.5 Å². The average molecular weight is 380 g/mol. The zero-order valence-electron chi connectivity index (χ0n) is 16.2. The summed E-state index contributed by atoms with van der Waals surface area (Å²) in [6.07, 6.45) is 6.63. The van der Waals surface area contributed by atoms with Crippen LogP contribution < -0.4 is 10.2 Å². The minimum Gasteiger partial charge on any atom is -0.468 e. The number of methoxy groups -OCH3 is 1. The van der Waals surface area contributed by atoms with Crippen LogP contribution in [-0.2, 0) is 22.5 Å². The van der Waals surface area contributed by atoms with Crippen LogP contribution in [0.2, 0.25) is 0 Å². The summed E-state index contributed by atoms with van der Waals surface area (Å²) in [4.78, 5) is 22.7. The molecule has 0 saturated heterocycles. The van der Waals surface area contributed by atoms with Crippen LogP contribution in [-0.4, -0.2) is 45.9 Å². The molecule has 0 saturated carbocycles. The van der Waals surface area contributed by atoms with E-state index in [0.717, 1.165) is 30.6 Å². The lowest BCUT2D eigenvalue weighted by atomic mass is 10.1. The lowest BCUT2D eigenvalue weighted by molar-refractivity contribution is -0.141. The SMILES string of the molecule is CCCCN1CCc2ccc(Nc3ncnc4c3cnn4CC(=O)OC)cc21.